The molecule has 0 aliphatic carbocycles. The molecule has 0 radical (unpaired) electrons. The normalized spacial score (nSPS) is 14.5. The lowest BCUT2D eigenvalue weighted by Gasteiger charge is -2.28. The van der Waals surface area contributed by atoms with Crippen LogP contribution in [0.2, 0.25) is 0 Å². The maximum absolute atomic E-state index is 10.9. The Morgan fingerprint density at radius 2 is 2.00 bits per heavy atom. The average Bonchev–Trinajstić information content (AvgIpc) is 2.41. The Morgan fingerprint density at radius 3 is 2.47 bits per heavy atom. The lowest BCUT2D eigenvalue weighted by atomic mass is 9.98. The van der Waals surface area contributed by atoms with E-state index in [1.54, 1.807) is 11.9 Å². The predicted octanol–water partition coefficient (Wildman–Crippen LogP) is 3.76. The van der Waals surface area contributed by atoms with Gasteiger partial charge in [-0.15, -0.1) is 0 Å². The van der Waals surface area contributed by atoms with Gasteiger partial charge < -0.3 is 9.80 Å². The summed E-state index contributed by atoms with van der Waals surface area (Å²) in [4.78, 5) is 14.5. The van der Waals surface area contributed by atoms with Gasteiger partial charge in [0.05, 0.1) is 0 Å². The molecule has 1 rings (SSSR count). The largest absolute Gasteiger partial charge is 0.351 e. The van der Waals surface area contributed by atoms with Crippen LogP contribution in [0.4, 0.5) is 0 Å². The molecule has 0 atom stereocenters. The predicted molar refractivity (Wildman–Crippen MR) is 82.3 cm³/mol. The maximum Gasteiger partial charge on any atom is 0.213 e. The number of carbonyl (C=O) groups is 1. The fourth-order valence-electron chi connectivity index (χ4n) is 1.76. The number of rotatable bonds is 5. The van der Waals surface area contributed by atoms with Crippen LogP contribution in [-0.2, 0) is 4.79 Å². The molecule has 0 aromatic carbocycles. The van der Waals surface area contributed by atoms with E-state index >= 15 is 0 Å². The van der Waals surface area contributed by atoms with Crippen LogP contribution in [0.25, 0.3) is 0 Å². The van der Waals surface area contributed by atoms with E-state index in [1.165, 1.54) is 5.57 Å². The molecule has 0 aromatic rings. The molecule has 0 aromatic heterocycles. The molecule has 0 spiro atoms. The first kappa shape index (κ1) is 17.5. The van der Waals surface area contributed by atoms with Crippen molar-refractivity contribution < 1.29 is 4.79 Å². The molecule has 1 amide bonds. The van der Waals surface area contributed by atoms with Crippen molar-refractivity contribution in [1.82, 2.24) is 9.80 Å². The molecule has 1 aliphatic rings. The van der Waals surface area contributed by atoms with Crippen molar-refractivity contribution in [3.05, 3.63) is 35.8 Å². The first-order valence-electron chi connectivity index (χ1n) is 6.98. The Morgan fingerprint density at radius 1 is 1.42 bits per heavy atom. The number of hydrogen-bond donors (Lipinski definition) is 0. The van der Waals surface area contributed by atoms with E-state index in [-0.39, 0.29) is 0 Å². The van der Waals surface area contributed by atoms with Crippen LogP contribution in [-0.4, -0.2) is 30.3 Å². The molecular formula is C16H28N2O. The molecule has 1 aliphatic heterocycles. The van der Waals surface area contributed by atoms with Crippen molar-refractivity contribution in [2.75, 3.05) is 14.1 Å². The number of allylic oxidation sites excluding steroid dienone is 2. The lowest BCUT2D eigenvalue weighted by Crippen LogP contribution is -2.23. The average molecular weight is 264 g/mol. The highest BCUT2D eigenvalue weighted by atomic mass is 16.1. The summed E-state index contributed by atoms with van der Waals surface area (Å²) < 4.78 is 0. The highest BCUT2D eigenvalue weighted by Crippen LogP contribution is 2.27. The van der Waals surface area contributed by atoms with Crippen molar-refractivity contribution in [3.63, 3.8) is 0 Å². The van der Waals surface area contributed by atoms with Crippen LogP contribution >= 0.6 is 0 Å². The summed E-state index contributed by atoms with van der Waals surface area (Å²) in [6.07, 6.45) is 6.98. The second-order valence-corrected chi connectivity index (χ2v) is 4.93. The van der Waals surface area contributed by atoms with E-state index < -0.39 is 0 Å². The number of hydrogen-bond acceptors (Lipinski definition) is 2. The first-order chi connectivity index (χ1) is 8.95. The first-order valence-corrected chi connectivity index (χ1v) is 6.98. The third-order valence-corrected chi connectivity index (χ3v) is 2.96. The molecule has 19 heavy (non-hydrogen) atoms. The van der Waals surface area contributed by atoms with E-state index in [0.717, 1.165) is 30.6 Å². The van der Waals surface area contributed by atoms with Gasteiger partial charge in [0.15, 0.2) is 0 Å². The van der Waals surface area contributed by atoms with Crippen LogP contribution in [0.3, 0.4) is 0 Å². The fourth-order valence-corrected chi connectivity index (χ4v) is 1.76. The number of likely N-dealkylation sites (N-methyl/N-ethyl adjacent to an activating group) is 2. The Hall–Kier alpha value is -1.51. The van der Waals surface area contributed by atoms with E-state index in [1.807, 2.05) is 31.9 Å². The quantitative estimate of drug-likeness (QED) is 0.706. The minimum absolute atomic E-state index is 0.661. The molecule has 108 valence electrons. The van der Waals surface area contributed by atoms with Gasteiger partial charge in [0.1, 0.15) is 0 Å². The topological polar surface area (TPSA) is 23.6 Å². The lowest BCUT2D eigenvalue weighted by molar-refractivity contribution is -0.115. The van der Waals surface area contributed by atoms with Crippen molar-refractivity contribution in [2.45, 2.75) is 40.5 Å². The van der Waals surface area contributed by atoms with E-state index in [0.29, 0.717) is 5.92 Å². The molecule has 0 saturated carbocycles. The molecule has 3 nitrogen and oxygen atoms in total. The molecule has 1 heterocycles. The Kier molecular flexibility index (Phi) is 7.89. The summed E-state index contributed by atoms with van der Waals surface area (Å²) in [6, 6.07) is 0. The zero-order valence-electron chi connectivity index (χ0n) is 13.2. The standard InChI is InChI=1S/C14H22N2O.C2H6/c1-11(2)6-7-13-9-15(4)12(3)8-14(13)16(5)10-17;1-2/h8-11H,3,6-7H2,1-2,4-5H3;1-2H3. The SMILES string of the molecule is C=C1C=C(N(C)C=O)C(CCC(C)C)=CN1C.CC. The second-order valence-electron chi connectivity index (χ2n) is 4.93. The minimum atomic E-state index is 0.661. The smallest absolute Gasteiger partial charge is 0.213 e. The molecule has 0 fully saturated rings. The number of amides is 1. The van der Waals surface area contributed by atoms with Gasteiger partial charge in [0.2, 0.25) is 6.41 Å². The van der Waals surface area contributed by atoms with Gasteiger partial charge in [-0.1, -0.05) is 34.3 Å². The van der Waals surface area contributed by atoms with Gasteiger partial charge in [-0.3, -0.25) is 4.79 Å². The molecule has 0 bridgehead atoms. The van der Waals surface area contributed by atoms with Crippen LogP contribution in [0.15, 0.2) is 35.8 Å². The zero-order valence-corrected chi connectivity index (χ0v) is 13.2. The summed E-state index contributed by atoms with van der Waals surface area (Å²) in [7, 11) is 3.76. The molecular weight excluding hydrogens is 236 g/mol. The number of carbonyl (C=O) groups excluding carboxylic acids is 1. The molecule has 0 unspecified atom stereocenters. The Labute approximate surface area is 118 Å². The van der Waals surface area contributed by atoms with E-state index in [2.05, 4.69) is 26.6 Å². The molecule has 3 heteroatoms. The Bertz CT molecular complexity index is 367. The second kappa shape index (κ2) is 8.57. The van der Waals surface area contributed by atoms with Gasteiger partial charge in [-0.2, -0.15) is 0 Å². The summed E-state index contributed by atoms with van der Waals surface area (Å²) in [5.41, 5.74) is 3.06. The van der Waals surface area contributed by atoms with Crippen LogP contribution in [0, 0.1) is 5.92 Å². The highest BCUT2D eigenvalue weighted by molar-refractivity contribution is 5.56. The third kappa shape index (κ3) is 5.33. The van der Waals surface area contributed by atoms with Gasteiger partial charge in [-0.25, -0.2) is 0 Å². The van der Waals surface area contributed by atoms with Crippen LogP contribution in [0.5, 0.6) is 0 Å². The van der Waals surface area contributed by atoms with Gasteiger partial charge in [-0.05, 0) is 30.4 Å². The monoisotopic (exact) mass is 264 g/mol. The van der Waals surface area contributed by atoms with Gasteiger partial charge in [0.25, 0.3) is 0 Å². The Balaban J connectivity index is 0.00000154. The zero-order chi connectivity index (χ0) is 15.0. The maximum atomic E-state index is 10.9. The summed E-state index contributed by atoms with van der Waals surface area (Å²) >= 11 is 0. The van der Waals surface area contributed by atoms with Crippen LogP contribution in [0.1, 0.15) is 40.5 Å². The van der Waals surface area contributed by atoms with Crippen LogP contribution < -0.4 is 0 Å². The van der Waals surface area contributed by atoms with Gasteiger partial charge in [0, 0.05) is 31.7 Å². The van der Waals surface area contributed by atoms with Crippen molar-refractivity contribution in [1.29, 1.82) is 0 Å². The third-order valence-electron chi connectivity index (χ3n) is 2.96. The number of nitrogens with zero attached hydrogens (tertiary/aromatic N) is 2. The van der Waals surface area contributed by atoms with E-state index in [4.69, 9.17) is 0 Å². The fraction of sp³-hybridized carbons (Fsp3) is 0.562. The molecule has 0 N–H and O–H groups in total. The van der Waals surface area contributed by atoms with Crippen molar-refractivity contribution >= 4 is 6.41 Å². The van der Waals surface area contributed by atoms with Gasteiger partial charge >= 0.3 is 0 Å². The van der Waals surface area contributed by atoms with Crippen molar-refractivity contribution in [2.24, 2.45) is 5.92 Å². The van der Waals surface area contributed by atoms with E-state index in [9.17, 15) is 4.79 Å². The van der Waals surface area contributed by atoms with Crippen molar-refractivity contribution in [3.8, 4) is 0 Å². The summed E-state index contributed by atoms with van der Waals surface area (Å²) in [5.74, 6) is 0.661. The highest BCUT2D eigenvalue weighted by Gasteiger charge is 2.16. The molecule has 0 saturated heterocycles. The summed E-state index contributed by atoms with van der Waals surface area (Å²) in [6.45, 7) is 12.4. The minimum Gasteiger partial charge on any atom is -0.351 e. The summed E-state index contributed by atoms with van der Waals surface area (Å²) in [5, 5.41) is 0.